The average molecular weight is 203 g/mol. The molecule has 3 rings (SSSR count). The number of para-hydroxylation sites is 1. The molecule has 0 saturated heterocycles. The van der Waals surface area contributed by atoms with Gasteiger partial charge in [-0.05, 0) is 12.1 Å². The van der Waals surface area contributed by atoms with Crippen molar-refractivity contribution in [3.8, 4) is 5.69 Å². The van der Waals surface area contributed by atoms with E-state index >= 15 is 0 Å². The SMILES string of the molecule is Fc1ccccc1-n1cc2c(n1)CNC2. The van der Waals surface area contributed by atoms with Crippen molar-refractivity contribution in [1.29, 1.82) is 0 Å². The van der Waals surface area contributed by atoms with E-state index in [0.717, 1.165) is 24.3 Å². The van der Waals surface area contributed by atoms with Crippen LogP contribution in [0.15, 0.2) is 30.5 Å². The topological polar surface area (TPSA) is 29.9 Å². The minimum atomic E-state index is -0.244. The molecule has 1 aliphatic rings. The van der Waals surface area contributed by atoms with Gasteiger partial charge in [-0.1, -0.05) is 12.1 Å². The van der Waals surface area contributed by atoms with Crippen LogP contribution in [0.4, 0.5) is 4.39 Å². The molecule has 0 radical (unpaired) electrons. The Morgan fingerprint density at radius 3 is 2.93 bits per heavy atom. The van der Waals surface area contributed by atoms with Crippen molar-refractivity contribution in [3.05, 3.63) is 47.5 Å². The minimum absolute atomic E-state index is 0.244. The number of nitrogens with zero attached hydrogens (tertiary/aromatic N) is 2. The van der Waals surface area contributed by atoms with Gasteiger partial charge >= 0.3 is 0 Å². The molecule has 15 heavy (non-hydrogen) atoms. The molecule has 1 N–H and O–H groups in total. The standard InChI is InChI=1S/C11H10FN3/c12-9-3-1-2-4-11(9)15-7-8-5-13-6-10(8)14-15/h1-4,7,13H,5-6H2. The van der Waals surface area contributed by atoms with Gasteiger partial charge in [0.1, 0.15) is 11.5 Å². The summed E-state index contributed by atoms with van der Waals surface area (Å²) in [5.41, 5.74) is 2.67. The molecule has 1 aliphatic heterocycles. The van der Waals surface area contributed by atoms with Crippen LogP contribution in [0.3, 0.4) is 0 Å². The number of aromatic nitrogens is 2. The third-order valence-electron chi connectivity index (χ3n) is 2.58. The Hall–Kier alpha value is -1.68. The summed E-state index contributed by atoms with van der Waals surface area (Å²) in [6, 6.07) is 6.66. The van der Waals surface area contributed by atoms with Gasteiger partial charge in [-0.25, -0.2) is 9.07 Å². The molecular weight excluding hydrogens is 193 g/mol. The first-order valence-electron chi connectivity index (χ1n) is 4.87. The summed E-state index contributed by atoms with van der Waals surface area (Å²) >= 11 is 0. The monoisotopic (exact) mass is 203 g/mol. The first-order valence-corrected chi connectivity index (χ1v) is 4.87. The summed E-state index contributed by atoms with van der Waals surface area (Å²) in [7, 11) is 0. The number of hydrogen-bond acceptors (Lipinski definition) is 2. The summed E-state index contributed by atoms with van der Waals surface area (Å²) in [5.74, 6) is -0.244. The van der Waals surface area contributed by atoms with Gasteiger partial charge in [0, 0.05) is 24.8 Å². The van der Waals surface area contributed by atoms with Crippen molar-refractivity contribution in [3.63, 3.8) is 0 Å². The van der Waals surface area contributed by atoms with Gasteiger partial charge in [0.05, 0.1) is 5.69 Å². The molecule has 0 bridgehead atoms. The Bertz CT molecular complexity index is 483. The fourth-order valence-corrected chi connectivity index (χ4v) is 1.82. The second kappa shape index (κ2) is 3.17. The normalized spacial score (nSPS) is 14.2. The lowest BCUT2D eigenvalue weighted by Gasteiger charge is -2.02. The first kappa shape index (κ1) is 8.61. The quantitative estimate of drug-likeness (QED) is 0.763. The third kappa shape index (κ3) is 1.34. The number of halogens is 1. The molecule has 2 aromatic rings. The van der Waals surface area contributed by atoms with Gasteiger partial charge in [0.2, 0.25) is 0 Å². The highest BCUT2D eigenvalue weighted by Crippen LogP contribution is 2.18. The number of fused-ring (bicyclic) bond motifs is 1. The van der Waals surface area contributed by atoms with E-state index < -0.39 is 0 Å². The fraction of sp³-hybridized carbons (Fsp3) is 0.182. The van der Waals surface area contributed by atoms with Gasteiger partial charge in [-0.2, -0.15) is 5.10 Å². The van der Waals surface area contributed by atoms with Crippen LogP contribution in [0.1, 0.15) is 11.3 Å². The first-order chi connectivity index (χ1) is 7.34. The van der Waals surface area contributed by atoms with Crippen LogP contribution in [0, 0.1) is 5.82 Å². The van der Waals surface area contributed by atoms with Crippen LogP contribution >= 0.6 is 0 Å². The number of hydrogen-bond donors (Lipinski definition) is 1. The number of nitrogens with one attached hydrogen (secondary N) is 1. The van der Waals surface area contributed by atoms with E-state index in [9.17, 15) is 4.39 Å². The molecule has 0 unspecified atom stereocenters. The summed E-state index contributed by atoms with van der Waals surface area (Å²) < 4.78 is 15.1. The summed E-state index contributed by atoms with van der Waals surface area (Å²) in [6.45, 7) is 1.60. The lowest BCUT2D eigenvalue weighted by Crippen LogP contribution is -2.05. The van der Waals surface area contributed by atoms with E-state index in [-0.39, 0.29) is 5.82 Å². The van der Waals surface area contributed by atoms with Crippen LogP contribution < -0.4 is 5.32 Å². The van der Waals surface area contributed by atoms with E-state index in [2.05, 4.69) is 10.4 Å². The molecule has 2 heterocycles. The molecule has 0 amide bonds. The van der Waals surface area contributed by atoms with Gasteiger partial charge in [-0.15, -0.1) is 0 Å². The predicted octanol–water partition coefficient (Wildman–Crippen LogP) is 1.61. The zero-order valence-corrected chi connectivity index (χ0v) is 8.07. The zero-order chi connectivity index (χ0) is 10.3. The van der Waals surface area contributed by atoms with E-state index in [0.29, 0.717) is 5.69 Å². The van der Waals surface area contributed by atoms with Crippen LogP contribution in [0.2, 0.25) is 0 Å². The maximum atomic E-state index is 13.5. The van der Waals surface area contributed by atoms with Crippen LogP contribution in [0.25, 0.3) is 5.69 Å². The highest BCUT2D eigenvalue weighted by Gasteiger charge is 2.15. The predicted molar refractivity (Wildman–Crippen MR) is 54.1 cm³/mol. The Kier molecular flexibility index (Phi) is 1.82. The van der Waals surface area contributed by atoms with Crippen molar-refractivity contribution in [2.75, 3.05) is 0 Å². The number of benzene rings is 1. The highest BCUT2D eigenvalue weighted by molar-refractivity contribution is 5.35. The molecular formula is C11H10FN3. The Morgan fingerprint density at radius 1 is 1.27 bits per heavy atom. The maximum absolute atomic E-state index is 13.5. The second-order valence-corrected chi connectivity index (χ2v) is 3.60. The molecule has 4 heteroatoms. The van der Waals surface area contributed by atoms with Gasteiger partial charge in [0.25, 0.3) is 0 Å². The largest absolute Gasteiger partial charge is 0.307 e. The lowest BCUT2D eigenvalue weighted by molar-refractivity contribution is 0.607. The third-order valence-corrected chi connectivity index (χ3v) is 2.58. The summed E-state index contributed by atoms with van der Waals surface area (Å²) in [4.78, 5) is 0. The Balaban J connectivity index is 2.10. The fourth-order valence-electron chi connectivity index (χ4n) is 1.82. The molecule has 0 aliphatic carbocycles. The van der Waals surface area contributed by atoms with Gasteiger partial charge < -0.3 is 5.32 Å². The van der Waals surface area contributed by atoms with E-state index in [1.807, 2.05) is 12.3 Å². The van der Waals surface area contributed by atoms with Crippen molar-refractivity contribution < 1.29 is 4.39 Å². The number of rotatable bonds is 1. The van der Waals surface area contributed by atoms with E-state index in [1.54, 1.807) is 16.8 Å². The molecule has 1 aromatic heterocycles. The van der Waals surface area contributed by atoms with Crippen molar-refractivity contribution in [2.45, 2.75) is 13.1 Å². The van der Waals surface area contributed by atoms with Crippen molar-refractivity contribution in [1.82, 2.24) is 15.1 Å². The highest BCUT2D eigenvalue weighted by atomic mass is 19.1. The Morgan fingerprint density at radius 2 is 2.13 bits per heavy atom. The van der Waals surface area contributed by atoms with Crippen LogP contribution in [-0.4, -0.2) is 9.78 Å². The van der Waals surface area contributed by atoms with E-state index in [4.69, 9.17) is 0 Å². The molecule has 0 atom stereocenters. The van der Waals surface area contributed by atoms with Crippen molar-refractivity contribution >= 4 is 0 Å². The molecule has 76 valence electrons. The zero-order valence-electron chi connectivity index (χ0n) is 8.07. The maximum Gasteiger partial charge on any atom is 0.148 e. The second-order valence-electron chi connectivity index (χ2n) is 3.60. The molecule has 0 spiro atoms. The average Bonchev–Trinajstić information content (AvgIpc) is 2.77. The summed E-state index contributed by atoms with van der Waals surface area (Å²) in [6.07, 6.45) is 1.88. The summed E-state index contributed by atoms with van der Waals surface area (Å²) in [5, 5.41) is 7.53. The van der Waals surface area contributed by atoms with E-state index in [1.165, 1.54) is 6.07 Å². The minimum Gasteiger partial charge on any atom is -0.307 e. The van der Waals surface area contributed by atoms with Crippen molar-refractivity contribution in [2.24, 2.45) is 0 Å². The van der Waals surface area contributed by atoms with Gasteiger partial charge in [-0.3, -0.25) is 0 Å². The smallest absolute Gasteiger partial charge is 0.148 e. The Labute approximate surface area is 86.5 Å². The van der Waals surface area contributed by atoms with Crippen LogP contribution in [0.5, 0.6) is 0 Å². The molecule has 0 saturated carbocycles. The van der Waals surface area contributed by atoms with Gasteiger partial charge in [0.15, 0.2) is 0 Å². The molecule has 0 fully saturated rings. The lowest BCUT2D eigenvalue weighted by atomic mass is 10.3. The molecule has 1 aromatic carbocycles. The molecule has 3 nitrogen and oxygen atoms in total. The van der Waals surface area contributed by atoms with Crippen LogP contribution in [-0.2, 0) is 13.1 Å².